The van der Waals surface area contributed by atoms with Gasteiger partial charge in [-0.15, -0.1) is 0 Å². The quantitative estimate of drug-likeness (QED) is 0.111. The fraction of sp³-hybridized carbons (Fsp3) is 0.118. The lowest BCUT2D eigenvalue weighted by atomic mass is 9.79. The highest BCUT2D eigenvalue weighted by molar-refractivity contribution is 6.24. The van der Waals surface area contributed by atoms with Crippen molar-refractivity contribution in [2.75, 3.05) is 9.80 Å². The van der Waals surface area contributed by atoms with Crippen molar-refractivity contribution >= 4 is 98.8 Å². The third-order valence-electron chi connectivity index (χ3n) is 24.9. The minimum Gasteiger partial charge on any atom is -0.310 e. The van der Waals surface area contributed by atoms with Crippen LogP contribution in [0.5, 0.6) is 0 Å². The molecule has 494 valence electrons. The average Bonchev–Trinajstić information content (AvgIpc) is 1.15. The second-order valence-electron chi connectivity index (χ2n) is 31.9. The maximum absolute atomic E-state index is 2.53. The molecule has 17 aromatic carbocycles. The molecule has 0 spiro atoms. The number of fused-ring (bicyclic) bond motifs is 20. The van der Waals surface area contributed by atoms with Gasteiger partial charge in [0.2, 0.25) is 0 Å². The first-order valence-electron chi connectivity index (χ1n) is 37.0. The van der Waals surface area contributed by atoms with Crippen LogP contribution < -0.4 is 9.80 Å². The van der Waals surface area contributed by atoms with E-state index in [4.69, 9.17) is 0 Å². The maximum Gasteiger partial charge on any atom is 0.0468 e. The lowest BCUT2D eigenvalue weighted by Gasteiger charge is -2.30. The summed E-state index contributed by atoms with van der Waals surface area (Å²) in [4.78, 5) is 5.01. The lowest BCUT2D eigenvalue weighted by molar-refractivity contribution is 0.652. The fourth-order valence-corrected chi connectivity index (χ4v) is 19.6. The Kier molecular flexibility index (Phi) is 12.7. The number of rotatable bonds is 8. The molecule has 2 nitrogen and oxygen atoms in total. The topological polar surface area (TPSA) is 6.48 Å². The molecule has 4 aliphatic rings. The van der Waals surface area contributed by atoms with Crippen molar-refractivity contribution in [3.05, 3.63) is 360 Å². The number of para-hydroxylation sites is 2. The third-order valence-corrected chi connectivity index (χ3v) is 24.9. The van der Waals surface area contributed by atoms with Gasteiger partial charge in [0, 0.05) is 55.8 Å². The van der Waals surface area contributed by atoms with Crippen LogP contribution >= 0.6 is 0 Å². The van der Waals surface area contributed by atoms with Crippen LogP contribution in [0.1, 0.15) is 99.9 Å². The molecule has 21 rings (SSSR count). The SMILES string of the molecule is CC1(C)c2ccccc2-c2cc3c(cc21)-c1ccc(N(c2ccccc2)c2ccc4c(-c5ccc6ccc7ccccc7c6c5)c5cc(N(c6ccccc6)c6ccc7c(c6)C(C)(C)c6cc8c(cc6-7)C(C)(C)c6ccccc6-8)ccc5c(-c5ccc6ccc7ccccc7c6c5)c4c2)cc1C3(C)C. The predicted molar refractivity (Wildman–Crippen MR) is 442 cm³/mol. The molecule has 104 heavy (non-hydrogen) atoms. The monoisotopic (exact) mass is 1330 g/mol. The summed E-state index contributed by atoms with van der Waals surface area (Å²) in [5.74, 6) is 0. The van der Waals surface area contributed by atoms with Gasteiger partial charge >= 0.3 is 0 Å². The second-order valence-corrected chi connectivity index (χ2v) is 31.9. The number of hydrogen-bond donors (Lipinski definition) is 0. The smallest absolute Gasteiger partial charge is 0.0468 e. The Balaban J connectivity index is 0.806. The van der Waals surface area contributed by atoms with E-state index < -0.39 is 0 Å². The standard InChI is InChI=1S/C102H76N2/c1-99(2)89-33-21-19-31-75(89)83-57-95-85(59-93(83)99)77-47-43-71(55-91(77)101(95,5)6)103(67-25-11-9-12-26-67)69-45-49-79-87(53-69)97(65-41-39-63-37-35-61-23-15-17-29-73(61)81(63)51-65)80-50-46-70(54-88(80)98(79)66-42-40-64-38-36-62-24-16-18-30-74(62)82(64)52-66)104(68-27-13-10-14-28-68)72-44-48-78-86-60-94-84(58-96(86)102(7,8)92(78)56-72)76-32-20-22-34-90(76)100(94,3)4/h9-60H,1-8H3. The molecule has 0 radical (unpaired) electrons. The molecule has 0 aliphatic heterocycles. The largest absolute Gasteiger partial charge is 0.310 e. The first-order valence-corrected chi connectivity index (χ1v) is 37.0. The summed E-state index contributed by atoms with van der Waals surface area (Å²) < 4.78 is 0. The van der Waals surface area contributed by atoms with E-state index in [0.717, 1.165) is 34.1 Å². The van der Waals surface area contributed by atoms with E-state index in [0.29, 0.717) is 0 Å². The molecule has 4 aliphatic carbocycles. The van der Waals surface area contributed by atoms with Crippen LogP contribution in [-0.2, 0) is 21.7 Å². The normalized spacial score (nSPS) is 14.8. The Morgan fingerprint density at radius 3 is 0.875 bits per heavy atom. The molecule has 0 N–H and O–H groups in total. The predicted octanol–water partition coefficient (Wildman–Crippen LogP) is 28.1. The van der Waals surface area contributed by atoms with Gasteiger partial charge in [-0.2, -0.15) is 0 Å². The van der Waals surface area contributed by atoms with Gasteiger partial charge in [-0.3, -0.25) is 0 Å². The van der Waals surface area contributed by atoms with Crippen molar-refractivity contribution in [3.63, 3.8) is 0 Å². The molecule has 0 unspecified atom stereocenters. The molecule has 0 heterocycles. The second kappa shape index (κ2) is 21.7. The van der Waals surface area contributed by atoms with Crippen molar-refractivity contribution in [2.45, 2.75) is 77.0 Å². The zero-order chi connectivity index (χ0) is 69.9. The van der Waals surface area contributed by atoms with Crippen molar-refractivity contribution in [2.24, 2.45) is 0 Å². The van der Waals surface area contributed by atoms with Crippen molar-refractivity contribution in [3.8, 4) is 66.8 Å². The van der Waals surface area contributed by atoms with Crippen molar-refractivity contribution in [1.29, 1.82) is 0 Å². The molecule has 2 heteroatoms. The fourth-order valence-electron chi connectivity index (χ4n) is 19.6. The molecular formula is C102H76N2. The minimum absolute atomic E-state index is 0.103. The van der Waals surface area contributed by atoms with Crippen molar-refractivity contribution < 1.29 is 0 Å². The van der Waals surface area contributed by atoms with Gasteiger partial charge in [0.15, 0.2) is 0 Å². The molecule has 0 aromatic heterocycles. The van der Waals surface area contributed by atoms with Crippen LogP contribution in [0.2, 0.25) is 0 Å². The highest BCUT2D eigenvalue weighted by atomic mass is 15.1. The summed E-state index contributed by atoms with van der Waals surface area (Å²) in [6, 6.07) is 121. The Labute approximate surface area is 608 Å². The van der Waals surface area contributed by atoms with Gasteiger partial charge < -0.3 is 9.80 Å². The lowest BCUT2D eigenvalue weighted by Crippen LogP contribution is -2.17. The van der Waals surface area contributed by atoms with Gasteiger partial charge in [0.1, 0.15) is 0 Å². The van der Waals surface area contributed by atoms with Crippen LogP contribution in [0.3, 0.4) is 0 Å². The zero-order valence-corrected chi connectivity index (χ0v) is 59.9. The molecule has 17 aromatic rings. The van der Waals surface area contributed by atoms with E-state index in [1.54, 1.807) is 0 Å². The van der Waals surface area contributed by atoms with Gasteiger partial charge in [-0.1, -0.05) is 262 Å². The minimum atomic E-state index is -0.265. The van der Waals surface area contributed by atoms with Gasteiger partial charge in [-0.05, 0) is 285 Å². The first-order chi connectivity index (χ1) is 50.6. The summed E-state index contributed by atoms with van der Waals surface area (Å²) >= 11 is 0. The Morgan fingerprint density at radius 1 is 0.173 bits per heavy atom. The Bertz CT molecular complexity index is 6200. The number of hydrogen-bond acceptors (Lipinski definition) is 2. The van der Waals surface area contributed by atoms with Gasteiger partial charge in [-0.25, -0.2) is 0 Å². The maximum atomic E-state index is 2.53. The summed E-state index contributed by atoms with van der Waals surface area (Å²) in [5.41, 5.74) is 32.5. The molecule has 0 amide bonds. The van der Waals surface area contributed by atoms with Crippen LogP contribution in [0.4, 0.5) is 34.1 Å². The van der Waals surface area contributed by atoms with E-state index in [2.05, 4.69) is 381 Å². The Hall–Kier alpha value is -12.1. The van der Waals surface area contributed by atoms with Crippen LogP contribution in [-0.4, -0.2) is 0 Å². The molecule has 0 saturated carbocycles. The molecule has 0 atom stereocenters. The molecule has 0 fully saturated rings. The van der Waals surface area contributed by atoms with Crippen LogP contribution in [0, 0.1) is 0 Å². The van der Waals surface area contributed by atoms with E-state index in [1.165, 1.54) is 176 Å². The van der Waals surface area contributed by atoms with Gasteiger partial charge in [0.25, 0.3) is 0 Å². The van der Waals surface area contributed by atoms with Crippen LogP contribution in [0.15, 0.2) is 315 Å². The zero-order valence-electron chi connectivity index (χ0n) is 59.9. The number of anilines is 6. The van der Waals surface area contributed by atoms with E-state index in [9.17, 15) is 0 Å². The first kappa shape index (κ1) is 60.6. The summed E-state index contributed by atoms with van der Waals surface area (Å²) in [5, 5.41) is 14.6. The summed E-state index contributed by atoms with van der Waals surface area (Å²) in [6.07, 6.45) is 0. The number of nitrogens with zero attached hydrogens (tertiary/aromatic N) is 2. The highest BCUT2D eigenvalue weighted by Gasteiger charge is 2.44. The Morgan fingerprint density at radius 2 is 0.471 bits per heavy atom. The third kappa shape index (κ3) is 8.57. The van der Waals surface area contributed by atoms with E-state index in [-0.39, 0.29) is 21.7 Å². The summed E-state index contributed by atoms with van der Waals surface area (Å²) in [7, 11) is 0. The van der Waals surface area contributed by atoms with E-state index in [1.807, 2.05) is 0 Å². The van der Waals surface area contributed by atoms with E-state index >= 15 is 0 Å². The number of benzene rings is 17. The van der Waals surface area contributed by atoms with Crippen molar-refractivity contribution in [1.82, 2.24) is 0 Å². The average molecular weight is 1330 g/mol. The summed E-state index contributed by atoms with van der Waals surface area (Å²) in [6.45, 7) is 19.3. The van der Waals surface area contributed by atoms with Gasteiger partial charge in [0.05, 0.1) is 0 Å². The molecule has 0 bridgehead atoms. The molecule has 0 saturated heterocycles. The molecular weight excluding hydrogens is 1250 g/mol. The highest BCUT2D eigenvalue weighted by Crippen LogP contribution is 2.60. The van der Waals surface area contributed by atoms with Crippen LogP contribution in [0.25, 0.3) is 131 Å².